The third-order valence-electron chi connectivity index (χ3n) is 3.94. The Hall–Kier alpha value is -2.57. The third-order valence-corrected chi connectivity index (χ3v) is 3.94. The van der Waals surface area contributed by atoms with Gasteiger partial charge in [0.25, 0.3) is 0 Å². The Balaban J connectivity index is 2.15. The number of hydrogen-bond donors (Lipinski definition) is 1. The van der Waals surface area contributed by atoms with Crippen LogP contribution in [0.15, 0.2) is 42.5 Å². The minimum atomic E-state index is -1.000. The van der Waals surface area contributed by atoms with Crippen molar-refractivity contribution in [2.75, 3.05) is 7.11 Å². The van der Waals surface area contributed by atoms with Crippen LogP contribution in [-0.2, 0) is 11.3 Å². The highest BCUT2D eigenvalue weighted by Crippen LogP contribution is 2.30. The Kier molecular flexibility index (Phi) is 4.69. The summed E-state index contributed by atoms with van der Waals surface area (Å²) < 4.78 is 6.79. The minimum absolute atomic E-state index is 0.663. The maximum Gasteiger partial charge on any atom is 0.182 e. The van der Waals surface area contributed by atoms with Gasteiger partial charge < -0.3 is 9.84 Å². The van der Waals surface area contributed by atoms with Crippen molar-refractivity contribution in [3.8, 4) is 22.5 Å². The van der Waals surface area contributed by atoms with Gasteiger partial charge in [-0.05, 0) is 53.6 Å². The topological polar surface area (TPSA) is 73.1 Å². The fraction of sp³-hybridized carbons (Fsp3) is 0.278. The van der Waals surface area contributed by atoms with E-state index in [1.165, 1.54) is 12.7 Å². The number of ether oxygens (including phenoxy) is 1. The second kappa shape index (κ2) is 6.90. The van der Waals surface area contributed by atoms with Crippen molar-refractivity contribution in [1.29, 1.82) is 0 Å². The van der Waals surface area contributed by atoms with E-state index in [1.54, 1.807) is 4.68 Å². The lowest BCUT2D eigenvalue weighted by Gasteiger charge is -2.13. The molecule has 6 nitrogen and oxygen atoms in total. The number of hydrogen-bond acceptors (Lipinski definition) is 5. The largest absolute Gasteiger partial charge is 0.364 e. The summed E-state index contributed by atoms with van der Waals surface area (Å²) in [5.41, 5.74) is 4.73. The number of benzene rings is 2. The summed E-state index contributed by atoms with van der Waals surface area (Å²) in [5, 5.41) is 22.0. The Bertz CT molecular complexity index is 827. The highest BCUT2D eigenvalue weighted by Gasteiger charge is 2.14. The summed E-state index contributed by atoms with van der Waals surface area (Å²) in [4.78, 5) is 0. The average molecular weight is 324 g/mol. The van der Waals surface area contributed by atoms with Crippen molar-refractivity contribution < 1.29 is 9.84 Å². The molecular weight excluding hydrogens is 304 g/mol. The first-order valence-electron chi connectivity index (χ1n) is 7.81. The third kappa shape index (κ3) is 3.20. The standard InChI is InChI=1S/C18H20N4O2/c1-4-22-17(19-20-21-22)15-9-14(10-16(11-15)18(23)24-3)13-7-5-12(2)6-8-13/h5-11,18,23H,4H2,1-3H3. The highest BCUT2D eigenvalue weighted by molar-refractivity contribution is 5.71. The van der Waals surface area contributed by atoms with Gasteiger partial charge in [-0.2, -0.15) is 0 Å². The van der Waals surface area contributed by atoms with Crippen LogP contribution in [0.3, 0.4) is 0 Å². The second-order valence-corrected chi connectivity index (χ2v) is 5.62. The molecule has 0 bridgehead atoms. The van der Waals surface area contributed by atoms with Crippen LogP contribution >= 0.6 is 0 Å². The first-order chi connectivity index (χ1) is 11.6. The lowest BCUT2D eigenvalue weighted by molar-refractivity contribution is -0.0768. The van der Waals surface area contributed by atoms with Crippen LogP contribution in [0, 0.1) is 6.92 Å². The SMILES string of the molecule is CCn1nnnc1-c1cc(-c2ccc(C)cc2)cc(C(O)OC)c1. The molecule has 0 amide bonds. The summed E-state index contributed by atoms with van der Waals surface area (Å²) in [6, 6.07) is 14.0. The van der Waals surface area contributed by atoms with Gasteiger partial charge in [-0.3, -0.25) is 0 Å². The molecule has 6 heteroatoms. The number of nitrogens with zero attached hydrogens (tertiary/aromatic N) is 4. The van der Waals surface area contributed by atoms with Gasteiger partial charge in [0.15, 0.2) is 12.1 Å². The molecule has 0 saturated carbocycles. The number of aliphatic hydroxyl groups is 1. The van der Waals surface area contributed by atoms with Gasteiger partial charge in [-0.25, -0.2) is 4.68 Å². The fourth-order valence-electron chi connectivity index (χ4n) is 2.60. The molecule has 0 spiro atoms. The zero-order valence-electron chi connectivity index (χ0n) is 14.0. The summed E-state index contributed by atoms with van der Waals surface area (Å²) in [5.74, 6) is 0.663. The molecule has 1 unspecified atom stereocenters. The van der Waals surface area contributed by atoms with E-state index >= 15 is 0 Å². The molecule has 1 aromatic heterocycles. The summed E-state index contributed by atoms with van der Waals surface area (Å²) in [6.45, 7) is 4.70. The van der Waals surface area contributed by atoms with E-state index in [9.17, 15) is 5.11 Å². The van der Waals surface area contributed by atoms with Crippen molar-refractivity contribution >= 4 is 0 Å². The molecule has 0 radical (unpaired) electrons. The maximum atomic E-state index is 10.1. The maximum absolute atomic E-state index is 10.1. The number of aromatic nitrogens is 4. The van der Waals surface area contributed by atoms with Crippen LogP contribution in [0.5, 0.6) is 0 Å². The summed E-state index contributed by atoms with van der Waals surface area (Å²) >= 11 is 0. The van der Waals surface area contributed by atoms with Crippen LogP contribution in [-0.4, -0.2) is 32.4 Å². The van der Waals surface area contributed by atoms with Gasteiger partial charge in [0.1, 0.15) is 0 Å². The zero-order chi connectivity index (χ0) is 17.1. The Morgan fingerprint density at radius 2 is 1.79 bits per heavy atom. The van der Waals surface area contributed by atoms with Crippen LogP contribution < -0.4 is 0 Å². The lowest BCUT2D eigenvalue weighted by Crippen LogP contribution is -2.03. The van der Waals surface area contributed by atoms with E-state index in [0.29, 0.717) is 17.9 Å². The Morgan fingerprint density at radius 1 is 1.08 bits per heavy atom. The Labute approximate surface area is 140 Å². The van der Waals surface area contributed by atoms with Gasteiger partial charge in [0, 0.05) is 24.8 Å². The van der Waals surface area contributed by atoms with Crippen molar-refractivity contribution in [3.63, 3.8) is 0 Å². The summed E-state index contributed by atoms with van der Waals surface area (Å²) in [7, 11) is 1.47. The number of aryl methyl sites for hydroxylation is 2. The van der Waals surface area contributed by atoms with Gasteiger partial charge in [0.2, 0.25) is 0 Å². The monoisotopic (exact) mass is 324 g/mol. The van der Waals surface area contributed by atoms with E-state index in [-0.39, 0.29) is 0 Å². The quantitative estimate of drug-likeness (QED) is 0.730. The molecule has 2 aromatic carbocycles. The predicted molar refractivity (Wildman–Crippen MR) is 91.1 cm³/mol. The number of aliphatic hydroxyl groups excluding tert-OH is 1. The first-order valence-corrected chi connectivity index (χ1v) is 7.81. The fourth-order valence-corrected chi connectivity index (χ4v) is 2.60. The van der Waals surface area contributed by atoms with Gasteiger partial charge in [0.05, 0.1) is 0 Å². The molecule has 0 aliphatic heterocycles. The van der Waals surface area contributed by atoms with Crippen molar-refractivity contribution in [2.45, 2.75) is 26.7 Å². The smallest absolute Gasteiger partial charge is 0.182 e. The van der Waals surface area contributed by atoms with Crippen LogP contribution in [0.4, 0.5) is 0 Å². The van der Waals surface area contributed by atoms with E-state index < -0.39 is 6.29 Å². The molecule has 0 saturated heterocycles. The zero-order valence-corrected chi connectivity index (χ0v) is 14.0. The van der Waals surface area contributed by atoms with E-state index in [0.717, 1.165) is 16.7 Å². The highest BCUT2D eigenvalue weighted by atomic mass is 16.6. The van der Waals surface area contributed by atoms with Crippen molar-refractivity contribution in [1.82, 2.24) is 20.2 Å². The molecule has 1 atom stereocenters. The van der Waals surface area contributed by atoms with Gasteiger partial charge in [-0.15, -0.1) is 5.10 Å². The molecule has 1 N–H and O–H groups in total. The second-order valence-electron chi connectivity index (χ2n) is 5.62. The molecule has 3 aromatic rings. The van der Waals surface area contributed by atoms with Crippen molar-refractivity contribution in [2.24, 2.45) is 0 Å². The molecule has 0 aliphatic carbocycles. The molecule has 24 heavy (non-hydrogen) atoms. The summed E-state index contributed by atoms with van der Waals surface area (Å²) in [6.07, 6.45) is -1.000. The molecule has 0 aliphatic rings. The van der Waals surface area contributed by atoms with Crippen molar-refractivity contribution in [3.05, 3.63) is 53.6 Å². The van der Waals surface area contributed by atoms with E-state index in [4.69, 9.17) is 4.74 Å². The molecule has 3 rings (SSSR count). The van der Waals surface area contributed by atoms with E-state index in [2.05, 4.69) is 46.7 Å². The molecule has 1 heterocycles. The van der Waals surface area contributed by atoms with Gasteiger partial charge in [-0.1, -0.05) is 29.8 Å². The van der Waals surface area contributed by atoms with Crippen LogP contribution in [0.2, 0.25) is 0 Å². The molecule has 124 valence electrons. The number of tetrazole rings is 1. The number of rotatable bonds is 5. The van der Waals surface area contributed by atoms with Gasteiger partial charge >= 0.3 is 0 Å². The normalized spacial score (nSPS) is 12.3. The number of methoxy groups -OCH3 is 1. The van der Waals surface area contributed by atoms with E-state index in [1.807, 2.05) is 25.1 Å². The molecular formula is C18H20N4O2. The minimum Gasteiger partial charge on any atom is -0.364 e. The van der Waals surface area contributed by atoms with Crippen LogP contribution in [0.1, 0.15) is 24.3 Å². The first kappa shape index (κ1) is 16.3. The predicted octanol–water partition coefficient (Wildman–Crippen LogP) is 2.97. The lowest BCUT2D eigenvalue weighted by atomic mass is 9.98. The average Bonchev–Trinajstić information content (AvgIpc) is 3.10. The van der Waals surface area contributed by atoms with Crippen LogP contribution in [0.25, 0.3) is 22.5 Å². The Morgan fingerprint density at radius 3 is 2.46 bits per heavy atom. The molecule has 0 fully saturated rings.